The van der Waals surface area contributed by atoms with Crippen LogP contribution in [0.25, 0.3) is 0 Å². The molecule has 0 saturated carbocycles. The van der Waals surface area contributed by atoms with Crippen molar-refractivity contribution in [2.75, 3.05) is 19.7 Å². The van der Waals surface area contributed by atoms with E-state index in [9.17, 15) is 0 Å². The van der Waals surface area contributed by atoms with Gasteiger partial charge in [0, 0.05) is 19.7 Å². The van der Waals surface area contributed by atoms with Crippen LogP contribution in [0.1, 0.15) is 12.8 Å². The van der Waals surface area contributed by atoms with Gasteiger partial charge in [0.1, 0.15) is 6.23 Å². The van der Waals surface area contributed by atoms with Crippen LogP contribution < -0.4 is 0 Å². The molecule has 1 unspecified atom stereocenters. The number of ether oxygens (including phenoxy) is 1. The van der Waals surface area contributed by atoms with Gasteiger partial charge in [-0.05, 0) is 12.8 Å². The molecule has 0 bridgehead atoms. The van der Waals surface area contributed by atoms with Gasteiger partial charge >= 0.3 is 0 Å². The van der Waals surface area contributed by atoms with Crippen molar-refractivity contribution in [3.05, 3.63) is 0 Å². The molecule has 46 valence electrons. The summed E-state index contributed by atoms with van der Waals surface area (Å²) in [5.74, 6) is 0. The third-order valence-electron chi connectivity index (χ3n) is 1.97. The Balaban J connectivity index is 1.92. The van der Waals surface area contributed by atoms with E-state index in [1.807, 2.05) is 0 Å². The largest absolute Gasteiger partial charge is 0.363 e. The zero-order chi connectivity index (χ0) is 5.40. The molecule has 0 spiro atoms. The standard InChI is InChI=1S/C6H11NO/c1-3-7-4-2-6(7)8-5-1/h6H,1-5H2. The molecule has 0 radical (unpaired) electrons. The Morgan fingerprint density at radius 2 is 2.38 bits per heavy atom. The molecule has 0 aromatic rings. The molecule has 2 heteroatoms. The van der Waals surface area contributed by atoms with Crippen LogP contribution in [0.4, 0.5) is 0 Å². The lowest BCUT2D eigenvalue weighted by atomic mass is 10.1. The lowest BCUT2D eigenvalue weighted by molar-refractivity contribution is -0.152. The summed E-state index contributed by atoms with van der Waals surface area (Å²) in [6.07, 6.45) is 3.01. The van der Waals surface area contributed by atoms with Crippen LogP contribution in [0.2, 0.25) is 0 Å². The molecule has 0 amide bonds. The highest BCUT2D eigenvalue weighted by molar-refractivity contribution is 4.77. The van der Waals surface area contributed by atoms with E-state index in [0.29, 0.717) is 6.23 Å². The Labute approximate surface area is 49.4 Å². The van der Waals surface area contributed by atoms with E-state index in [-0.39, 0.29) is 0 Å². The van der Waals surface area contributed by atoms with Gasteiger partial charge in [0.15, 0.2) is 0 Å². The van der Waals surface area contributed by atoms with E-state index in [1.165, 1.54) is 25.9 Å². The van der Waals surface area contributed by atoms with Crippen LogP contribution in [0.15, 0.2) is 0 Å². The fourth-order valence-corrected chi connectivity index (χ4v) is 1.35. The zero-order valence-electron chi connectivity index (χ0n) is 4.97. The predicted octanol–water partition coefficient (Wildman–Crippen LogP) is 0.439. The lowest BCUT2D eigenvalue weighted by Crippen LogP contribution is -2.52. The van der Waals surface area contributed by atoms with Crippen molar-refractivity contribution in [1.29, 1.82) is 0 Å². The first-order valence-corrected chi connectivity index (χ1v) is 3.32. The fourth-order valence-electron chi connectivity index (χ4n) is 1.35. The first-order valence-electron chi connectivity index (χ1n) is 3.32. The average molecular weight is 113 g/mol. The number of fused-ring (bicyclic) bond motifs is 1. The maximum atomic E-state index is 5.40. The van der Waals surface area contributed by atoms with Gasteiger partial charge in [0.25, 0.3) is 0 Å². The number of rotatable bonds is 0. The fraction of sp³-hybridized carbons (Fsp3) is 1.00. The molecule has 2 aliphatic rings. The monoisotopic (exact) mass is 113 g/mol. The molecule has 0 aromatic heterocycles. The summed E-state index contributed by atoms with van der Waals surface area (Å²) in [5, 5.41) is 0. The van der Waals surface area contributed by atoms with Gasteiger partial charge in [0.05, 0.1) is 0 Å². The minimum atomic E-state index is 0.517. The molecule has 2 rings (SSSR count). The molecule has 2 saturated heterocycles. The second-order valence-corrected chi connectivity index (χ2v) is 2.50. The van der Waals surface area contributed by atoms with Crippen molar-refractivity contribution in [2.45, 2.75) is 19.1 Å². The number of hydrogen-bond acceptors (Lipinski definition) is 2. The topological polar surface area (TPSA) is 12.5 Å². The molecule has 0 aromatic carbocycles. The molecule has 2 aliphatic heterocycles. The van der Waals surface area contributed by atoms with Crippen molar-refractivity contribution >= 4 is 0 Å². The predicted molar refractivity (Wildman–Crippen MR) is 30.5 cm³/mol. The molecule has 8 heavy (non-hydrogen) atoms. The third-order valence-corrected chi connectivity index (χ3v) is 1.97. The molecule has 1 atom stereocenters. The van der Waals surface area contributed by atoms with Crippen LogP contribution in [0.5, 0.6) is 0 Å². The summed E-state index contributed by atoms with van der Waals surface area (Å²) in [7, 11) is 0. The van der Waals surface area contributed by atoms with Gasteiger partial charge < -0.3 is 4.74 Å². The van der Waals surface area contributed by atoms with Crippen LogP contribution in [-0.4, -0.2) is 30.8 Å². The highest BCUT2D eigenvalue weighted by atomic mass is 16.5. The van der Waals surface area contributed by atoms with Crippen molar-refractivity contribution in [1.82, 2.24) is 4.90 Å². The van der Waals surface area contributed by atoms with Gasteiger partial charge in [-0.15, -0.1) is 0 Å². The second-order valence-electron chi connectivity index (χ2n) is 2.50. The minimum Gasteiger partial charge on any atom is -0.363 e. The molecule has 0 aliphatic carbocycles. The van der Waals surface area contributed by atoms with Crippen LogP contribution in [0, 0.1) is 0 Å². The summed E-state index contributed by atoms with van der Waals surface area (Å²) in [4.78, 5) is 2.39. The van der Waals surface area contributed by atoms with E-state index in [2.05, 4.69) is 4.90 Å². The molecule has 0 N–H and O–H groups in total. The Hall–Kier alpha value is -0.0800. The smallest absolute Gasteiger partial charge is 0.111 e. The SMILES string of the molecule is C1COC2CCN2C1. The minimum absolute atomic E-state index is 0.517. The summed E-state index contributed by atoms with van der Waals surface area (Å²) in [5.41, 5.74) is 0. The van der Waals surface area contributed by atoms with Gasteiger partial charge in [-0.3, -0.25) is 4.90 Å². The van der Waals surface area contributed by atoms with Gasteiger partial charge in [-0.1, -0.05) is 0 Å². The van der Waals surface area contributed by atoms with Gasteiger partial charge in [-0.25, -0.2) is 0 Å². The van der Waals surface area contributed by atoms with Crippen molar-refractivity contribution in [3.8, 4) is 0 Å². The van der Waals surface area contributed by atoms with Crippen molar-refractivity contribution in [3.63, 3.8) is 0 Å². The summed E-state index contributed by atoms with van der Waals surface area (Å²) in [6.45, 7) is 3.52. The molecule has 2 nitrogen and oxygen atoms in total. The Kier molecular flexibility index (Phi) is 1.02. The van der Waals surface area contributed by atoms with Crippen molar-refractivity contribution < 1.29 is 4.74 Å². The zero-order valence-corrected chi connectivity index (χ0v) is 4.97. The molecule has 2 heterocycles. The van der Waals surface area contributed by atoms with Crippen LogP contribution >= 0.6 is 0 Å². The lowest BCUT2D eigenvalue weighted by Gasteiger charge is -2.43. The van der Waals surface area contributed by atoms with Gasteiger partial charge in [-0.2, -0.15) is 0 Å². The maximum absolute atomic E-state index is 5.40. The van der Waals surface area contributed by atoms with Crippen molar-refractivity contribution in [2.24, 2.45) is 0 Å². The highest BCUT2D eigenvalue weighted by Gasteiger charge is 2.30. The summed E-state index contributed by atoms with van der Waals surface area (Å²) < 4.78 is 5.40. The van der Waals surface area contributed by atoms with Crippen LogP contribution in [-0.2, 0) is 4.74 Å². The van der Waals surface area contributed by atoms with E-state index in [1.54, 1.807) is 0 Å². The highest BCUT2D eigenvalue weighted by Crippen LogP contribution is 2.21. The first-order chi connectivity index (χ1) is 3.97. The van der Waals surface area contributed by atoms with Crippen LogP contribution in [0.3, 0.4) is 0 Å². The number of nitrogens with zero attached hydrogens (tertiary/aromatic N) is 1. The van der Waals surface area contributed by atoms with E-state index < -0.39 is 0 Å². The normalized spacial score (nSPS) is 38.2. The molecule has 2 fully saturated rings. The Morgan fingerprint density at radius 3 is 2.75 bits per heavy atom. The molecular formula is C6H11NO. The van der Waals surface area contributed by atoms with Gasteiger partial charge in [0.2, 0.25) is 0 Å². The molecular weight excluding hydrogens is 102 g/mol. The summed E-state index contributed by atoms with van der Waals surface area (Å²) >= 11 is 0. The van der Waals surface area contributed by atoms with E-state index in [4.69, 9.17) is 4.74 Å². The third kappa shape index (κ3) is 0.565. The number of hydrogen-bond donors (Lipinski definition) is 0. The quantitative estimate of drug-likeness (QED) is 0.452. The Bertz CT molecular complexity index is 82.5. The average Bonchev–Trinajstić information content (AvgIpc) is 1.72. The second kappa shape index (κ2) is 1.71. The maximum Gasteiger partial charge on any atom is 0.111 e. The summed E-state index contributed by atoms with van der Waals surface area (Å²) in [6, 6.07) is 0. The first kappa shape index (κ1) is 4.77. The van der Waals surface area contributed by atoms with E-state index >= 15 is 0 Å². The van der Waals surface area contributed by atoms with E-state index in [0.717, 1.165) is 6.61 Å². The Morgan fingerprint density at radius 1 is 1.38 bits per heavy atom.